The zero-order valence-corrected chi connectivity index (χ0v) is 15.3. The molecule has 2 unspecified atom stereocenters. The lowest BCUT2D eigenvalue weighted by atomic mass is 10.0. The number of nitrogens with two attached hydrogens (primary N) is 1. The SMILES string of the molecule is NC(CC1Cc2ccc(-c3ccc(=O)[nH]n3)cc2C1)NC(=O)c1cccnc1. The molecular weight excluding hydrogens is 354 g/mol. The molecule has 2 heterocycles. The highest BCUT2D eigenvalue weighted by molar-refractivity contribution is 5.93. The van der Waals surface area contributed by atoms with Crippen molar-refractivity contribution in [3.05, 3.63) is 81.9 Å². The van der Waals surface area contributed by atoms with Crippen molar-refractivity contribution in [1.82, 2.24) is 20.5 Å². The molecule has 3 aromatic rings. The number of rotatable bonds is 5. The van der Waals surface area contributed by atoms with Crippen LogP contribution in [0.3, 0.4) is 0 Å². The molecule has 1 aliphatic carbocycles. The van der Waals surface area contributed by atoms with Gasteiger partial charge in [0.05, 0.1) is 17.4 Å². The lowest BCUT2D eigenvalue weighted by Gasteiger charge is -2.17. The minimum Gasteiger partial charge on any atom is -0.337 e. The maximum atomic E-state index is 12.2. The van der Waals surface area contributed by atoms with Crippen LogP contribution in [0.1, 0.15) is 27.9 Å². The highest BCUT2D eigenvalue weighted by Gasteiger charge is 2.24. The Morgan fingerprint density at radius 2 is 2.07 bits per heavy atom. The number of aromatic nitrogens is 3. The van der Waals surface area contributed by atoms with Gasteiger partial charge in [-0.15, -0.1) is 0 Å². The van der Waals surface area contributed by atoms with E-state index < -0.39 is 6.17 Å². The van der Waals surface area contributed by atoms with E-state index in [1.165, 1.54) is 23.4 Å². The standard InChI is InChI=1S/C21H21N5O2/c22-19(24-21(28)16-2-1-7-23-12-16)10-13-8-14-3-4-15(11-17(14)9-13)18-5-6-20(27)26-25-18/h1-7,11-13,19H,8-10,22H2,(H,24,28)(H,26,27). The topological polar surface area (TPSA) is 114 Å². The van der Waals surface area contributed by atoms with Gasteiger partial charge < -0.3 is 11.1 Å². The maximum absolute atomic E-state index is 12.2. The van der Waals surface area contributed by atoms with E-state index in [2.05, 4.69) is 32.6 Å². The molecule has 0 bridgehead atoms. The monoisotopic (exact) mass is 375 g/mol. The summed E-state index contributed by atoms with van der Waals surface area (Å²) >= 11 is 0. The Morgan fingerprint density at radius 1 is 1.21 bits per heavy atom. The quantitative estimate of drug-likeness (QED) is 0.587. The Bertz CT molecular complexity index is 1030. The number of nitrogens with one attached hydrogen (secondary N) is 2. The molecule has 0 fully saturated rings. The van der Waals surface area contributed by atoms with Crippen LogP contribution in [-0.2, 0) is 12.8 Å². The van der Waals surface area contributed by atoms with Crippen LogP contribution in [0.4, 0.5) is 0 Å². The van der Waals surface area contributed by atoms with E-state index in [1.54, 1.807) is 24.4 Å². The van der Waals surface area contributed by atoms with Gasteiger partial charge >= 0.3 is 0 Å². The third-order valence-electron chi connectivity index (χ3n) is 5.03. The minimum atomic E-state index is -0.410. The predicted octanol–water partition coefficient (Wildman–Crippen LogP) is 1.65. The van der Waals surface area contributed by atoms with Gasteiger partial charge in [0, 0.05) is 24.0 Å². The molecular formula is C21H21N5O2. The number of aromatic amines is 1. The first-order chi connectivity index (χ1) is 13.6. The summed E-state index contributed by atoms with van der Waals surface area (Å²) in [5.41, 5.74) is 10.7. The average molecular weight is 375 g/mol. The van der Waals surface area contributed by atoms with E-state index in [0.29, 0.717) is 17.9 Å². The van der Waals surface area contributed by atoms with E-state index in [1.807, 2.05) is 6.07 Å². The molecule has 0 aliphatic heterocycles. The van der Waals surface area contributed by atoms with Crippen molar-refractivity contribution in [1.29, 1.82) is 0 Å². The summed E-state index contributed by atoms with van der Waals surface area (Å²) in [5.74, 6) is 0.167. The molecule has 2 aromatic heterocycles. The lowest BCUT2D eigenvalue weighted by Crippen LogP contribution is -2.42. The van der Waals surface area contributed by atoms with Gasteiger partial charge in [0.1, 0.15) is 0 Å². The van der Waals surface area contributed by atoms with Crippen LogP contribution >= 0.6 is 0 Å². The van der Waals surface area contributed by atoms with Gasteiger partial charge in [-0.2, -0.15) is 5.10 Å². The van der Waals surface area contributed by atoms with Crippen LogP contribution < -0.4 is 16.6 Å². The molecule has 4 rings (SSSR count). The van der Waals surface area contributed by atoms with E-state index in [-0.39, 0.29) is 11.5 Å². The van der Waals surface area contributed by atoms with E-state index in [0.717, 1.165) is 24.1 Å². The number of nitrogens with zero attached hydrogens (tertiary/aromatic N) is 2. The minimum absolute atomic E-state index is 0.206. The van der Waals surface area contributed by atoms with Gasteiger partial charge in [0.25, 0.3) is 11.5 Å². The van der Waals surface area contributed by atoms with Crippen molar-refractivity contribution in [3.63, 3.8) is 0 Å². The van der Waals surface area contributed by atoms with Gasteiger partial charge in [-0.1, -0.05) is 12.1 Å². The molecule has 1 amide bonds. The Hall–Kier alpha value is -3.32. The van der Waals surface area contributed by atoms with Crippen LogP contribution in [0.5, 0.6) is 0 Å². The molecule has 4 N–H and O–H groups in total. The number of hydrogen-bond donors (Lipinski definition) is 3. The second-order valence-electron chi connectivity index (χ2n) is 7.12. The zero-order chi connectivity index (χ0) is 19.5. The first-order valence-corrected chi connectivity index (χ1v) is 9.23. The number of fused-ring (bicyclic) bond motifs is 1. The third kappa shape index (κ3) is 3.99. The van der Waals surface area contributed by atoms with E-state index in [9.17, 15) is 9.59 Å². The predicted molar refractivity (Wildman–Crippen MR) is 105 cm³/mol. The van der Waals surface area contributed by atoms with Gasteiger partial charge in [0.2, 0.25) is 0 Å². The van der Waals surface area contributed by atoms with Crippen LogP contribution in [0.2, 0.25) is 0 Å². The smallest absolute Gasteiger partial charge is 0.264 e. The summed E-state index contributed by atoms with van der Waals surface area (Å²) in [6, 6.07) is 12.9. The van der Waals surface area contributed by atoms with Gasteiger partial charge in [0.15, 0.2) is 0 Å². The molecule has 2 atom stereocenters. The fourth-order valence-electron chi connectivity index (χ4n) is 3.71. The molecule has 142 valence electrons. The van der Waals surface area contributed by atoms with Gasteiger partial charge in [-0.3, -0.25) is 14.6 Å². The fourth-order valence-corrected chi connectivity index (χ4v) is 3.71. The van der Waals surface area contributed by atoms with E-state index in [4.69, 9.17) is 5.73 Å². The summed E-state index contributed by atoms with van der Waals surface area (Å²) in [4.78, 5) is 27.4. The Kier molecular flexibility index (Phi) is 4.99. The van der Waals surface area contributed by atoms with Crippen molar-refractivity contribution >= 4 is 5.91 Å². The molecule has 1 aliphatic rings. The van der Waals surface area contributed by atoms with Crippen LogP contribution in [0.15, 0.2) is 59.7 Å². The van der Waals surface area contributed by atoms with Crippen molar-refractivity contribution in [2.24, 2.45) is 11.7 Å². The number of H-pyrrole nitrogens is 1. The lowest BCUT2D eigenvalue weighted by molar-refractivity contribution is 0.0932. The summed E-state index contributed by atoms with van der Waals surface area (Å²) in [5, 5.41) is 9.41. The average Bonchev–Trinajstić information content (AvgIpc) is 3.10. The highest BCUT2D eigenvalue weighted by atomic mass is 16.1. The number of pyridine rings is 1. The first kappa shape index (κ1) is 18.1. The van der Waals surface area contributed by atoms with Crippen molar-refractivity contribution < 1.29 is 4.79 Å². The molecule has 0 saturated heterocycles. The van der Waals surface area contributed by atoms with Gasteiger partial charge in [-0.25, -0.2) is 5.10 Å². The first-order valence-electron chi connectivity index (χ1n) is 9.23. The molecule has 0 spiro atoms. The van der Waals surface area contributed by atoms with Crippen molar-refractivity contribution in [2.45, 2.75) is 25.4 Å². The Morgan fingerprint density at radius 3 is 2.82 bits per heavy atom. The maximum Gasteiger partial charge on any atom is 0.264 e. The van der Waals surface area contributed by atoms with Crippen molar-refractivity contribution in [2.75, 3.05) is 0 Å². The summed E-state index contributed by atoms with van der Waals surface area (Å²) in [6.45, 7) is 0. The highest BCUT2D eigenvalue weighted by Crippen LogP contribution is 2.32. The van der Waals surface area contributed by atoms with Crippen LogP contribution in [-0.4, -0.2) is 27.3 Å². The fraction of sp³-hybridized carbons (Fsp3) is 0.238. The largest absolute Gasteiger partial charge is 0.337 e. The third-order valence-corrected chi connectivity index (χ3v) is 5.03. The van der Waals surface area contributed by atoms with E-state index >= 15 is 0 Å². The van der Waals surface area contributed by atoms with Crippen LogP contribution in [0, 0.1) is 5.92 Å². The number of carbonyl (C=O) groups excluding carboxylic acids is 1. The molecule has 0 radical (unpaired) electrons. The molecule has 7 heteroatoms. The number of amides is 1. The number of benzene rings is 1. The molecule has 28 heavy (non-hydrogen) atoms. The molecule has 1 aromatic carbocycles. The van der Waals surface area contributed by atoms with Gasteiger partial charge in [-0.05, 0) is 60.6 Å². The zero-order valence-electron chi connectivity index (χ0n) is 15.3. The summed E-state index contributed by atoms with van der Waals surface area (Å²) in [6.07, 6.45) is 5.29. The Labute approximate surface area is 162 Å². The Balaban J connectivity index is 1.39. The normalized spacial score (nSPS) is 16.4. The van der Waals surface area contributed by atoms with Crippen molar-refractivity contribution in [3.8, 4) is 11.3 Å². The second kappa shape index (κ2) is 7.74. The number of hydrogen-bond acceptors (Lipinski definition) is 5. The molecule has 0 saturated carbocycles. The number of carbonyl (C=O) groups is 1. The summed E-state index contributed by atoms with van der Waals surface area (Å²) in [7, 11) is 0. The second-order valence-corrected chi connectivity index (χ2v) is 7.12. The molecule has 7 nitrogen and oxygen atoms in total. The van der Waals surface area contributed by atoms with Crippen LogP contribution in [0.25, 0.3) is 11.3 Å². The summed E-state index contributed by atoms with van der Waals surface area (Å²) < 4.78 is 0.